The van der Waals surface area contributed by atoms with Crippen molar-refractivity contribution >= 4 is 17.5 Å². The van der Waals surface area contributed by atoms with Gasteiger partial charge in [-0.05, 0) is 37.8 Å². The lowest BCUT2D eigenvalue weighted by atomic mass is 9.95. The van der Waals surface area contributed by atoms with E-state index in [1.165, 1.54) is 0 Å². The van der Waals surface area contributed by atoms with E-state index in [9.17, 15) is 23.5 Å². The first-order valence-electron chi connectivity index (χ1n) is 7.37. The summed E-state index contributed by atoms with van der Waals surface area (Å²) in [5.41, 5.74) is -1.57. The number of aliphatic hydroxyl groups is 1. The van der Waals surface area contributed by atoms with Crippen molar-refractivity contribution in [2.75, 3.05) is 11.9 Å². The number of halogens is 2. The smallest absolute Gasteiger partial charge is 0.313 e. The van der Waals surface area contributed by atoms with Crippen LogP contribution in [0.2, 0.25) is 0 Å². The molecule has 23 heavy (non-hydrogen) atoms. The Morgan fingerprint density at radius 2 is 1.91 bits per heavy atom. The largest absolute Gasteiger partial charge is 0.388 e. The topological polar surface area (TPSA) is 78.4 Å². The third-order valence-corrected chi connectivity index (χ3v) is 3.27. The molecule has 0 saturated carbocycles. The highest BCUT2D eigenvalue weighted by Gasteiger charge is 2.24. The third kappa shape index (κ3) is 6.73. The van der Waals surface area contributed by atoms with Gasteiger partial charge in [0, 0.05) is 12.6 Å². The minimum absolute atomic E-state index is 0.113. The van der Waals surface area contributed by atoms with Gasteiger partial charge in [0.2, 0.25) is 0 Å². The Balaban J connectivity index is 2.54. The monoisotopic (exact) mass is 328 g/mol. The average molecular weight is 328 g/mol. The summed E-state index contributed by atoms with van der Waals surface area (Å²) in [7, 11) is 0. The Morgan fingerprint density at radius 1 is 1.26 bits per heavy atom. The van der Waals surface area contributed by atoms with Crippen molar-refractivity contribution in [2.24, 2.45) is 5.92 Å². The Kier molecular flexibility index (Phi) is 6.62. The van der Waals surface area contributed by atoms with E-state index in [0.717, 1.165) is 24.6 Å². The number of carbonyl (C=O) groups excluding carboxylic acids is 2. The Morgan fingerprint density at radius 3 is 2.52 bits per heavy atom. The second-order valence-corrected chi connectivity index (χ2v) is 6.19. The molecule has 7 heteroatoms. The predicted octanol–water partition coefficient (Wildman–Crippen LogP) is 2.21. The summed E-state index contributed by atoms with van der Waals surface area (Å²) in [4.78, 5) is 23.3. The number of anilines is 1. The minimum Gasteiger partial charge on any atom is -0.388 e. The van der Waals surface area contributed by atoms with Crippen molar-refractivity contribution in [3.63, 3.8) is 0 Å². The summed E-state index contributed by atoms with van der Waals surface area (Å²) in [5.74, 6) is -3.35. The Bertz CT molecular complexity index is 574. The summed E-state index contributed by atoms with van der Waals surface area (Å²) >= 11 is 0. The molecule has 0 aliphatic carbocycles. The van der Waals surface area contributed by atoms with Gasteiger partial charge in [0.1, 0.15) is 11.6 Å². The SMILES string of the molecule is CC(C)CCC(C)(O)CNC(=O)C(=O)Nc1cc(F)ccc1F. The van der Waals surface area contributed by atoms with E-state index < -0.39 is 34.7 Å². The molecule has 0 spiro atoms. The fraction of sp³-hybridized carbons (Fsp3) is 0.500. The summed E-state index contributed by atoms with van der Waals surface area (Å²) in [6.07, 6.45) is 1.23. The number of carbonyl (C=O) groups is 2. The second kappa shape index (κ2) is 8.01. The molecule has 0 fully saturated rings. The van der Waals surface area contributed by atoms with Gasteiger partial charge in [0.15, 0.2) is 0 Å². The number of benzene rings is 1. The molecule has 0 saturated heterocycles. The van der Waals surface area contributed by atoms with Crippen LogP contribution in [0.5, 0.6) is 0 Å². The average Bonchev–Trinajstić information content (AvgIpc) is 2.46. The van der Waals surface area contributed by atoms with Gasteiger partial charge in [-0.15, -0.1) is 0 Å². The normalized spacial score (nSPS) is 13.5. The zero-order chi connectivity index (χ0) is 17.6. The fourth-order valence-electron chi connectivity index (χ4n) is 1.81. The fourth-order valence-corrected chi connectivity index (χ4v) is 1.81. The van der Waals surface area contributed by atoms with E-state index >= 15 is 0 Å². The molecule has 0 radical (unpaired) electrons. The van der Waals surface area contributed by atoms with Crippen LogP contribution < -0.4 is 10.6 Å². The summed E-state index contributed by atoms with van der Waals surface area (Å²) in [6.45, 7) is 5.46. The van der Waals surface area contributed by atoms with Crippen LogP contribution >= 0.6 is 0 Å². The zero-order valence-corrected chi connectivity index (χ0v) is 13.5. The number of hydrogen-bond donors (Lipinski definition) is 3. The summed E-state index contributed by atoms with van der Waals surface area (Å²) in [6, 6.07) is 2.52. The third-order valence-electron chi connectivity index (χ3n) is 3.27. The second-order valence-electron chi connectivity index (χ2n) is 6.19. The standard InChI is InChI=1S/C16H22F2N2O3/c1-10(2)6-7-16(3,23)9-19-14(21)15(22)20-13-8-11(17)4-5-12(13)18/h4-5,8,10,23H,6-7,9H2,1-3H3,(H,19,21)(H,20,22). The van der Waals surface area contributed by atoms with E-state index in [-0.39, 0.29) is 6.54 Å². The maximum Gasteiger partial charge on any atom is 0.313 e. The van der Waals surface area contributed by atoms with Crippen molar-refractivity contribution in [1.29, 1.82) is 0 Å². The van der Waals surface area contributed by atoms with Crippen molar-refractivity contribution in [2.45, 2.75) is 39.2 Å². The quantitative estimate of drug-likeness (QED) is 0.701. The molecule has 5 nitrogen and oxygen atoms in total. The van der Waals surface area contributed by atoms with E-state index in [1.807, 2.05) is 19.2 Å². The Hall–Kier alpha value is -2.02. The molecule has 128 valence electrons. The van der Waals surface area contributed by atoms with Gasteiger partial charge in [-0.3, -0.25) is 9.59 Å². The van der Waals surface area contributed by atoms with Gasteiger partial charge in [0.05, 0.1) is 11.3 Å². The molecule has 1 rings (SSSR count). The summed E-state index contributed by atoms with van der Waals surface area (Å²) in [5, 5.41) is 14.4. The van der Waals surface area contributed by atoms with Crippen LogP contribution in [0.15, 0.2) is 18.2 Å². The van der Waals surface area contributed by atoms with E-state index in [2.05, 4.69) is 5.32 Å². The van der Waals surface area contributed by atoms with E-state index in [0.29, 0.717) is 12.3 Å². The lowest BCUT2D eigenvalue weighted by Gasteiger charge is -2.24. The van der Waals surface area contributed by atoms with Gasteiger partial charge in [-0.2, -0.15) is 0 Å². The predicted molar refractivity (Wildman–Crippen MR) is 82.7 cm³/mol. The molecule has 1 unspecified atom stereocenters. The van der Waals surface area contributed by atoms with Crippen LogP contribution in [0.25, 0.3) is 0 Å². The lowest BCUT2D eigenvalue weighted by molar-refractivity contribution is -0.136. The molecule has 2 amide bonds. The molecule has 0 bridgehead atoms. The lowest BCUT2D eigenvalue weighted by Crippen LogP contribution is -2.44. The van der Waals surface area contributed by atoms with Gasteiger partial charge in [0.25, 0.3) is 0 Å². The van der Waals surface area contributed by atoms with Gasteiger partial charge >= 0.3 is 11.8 Å². The minimum atomic E-state index is -1.15. The number of hydrogen-bond acceptors (Lipinski definition) is 3. The van der Waals surface area contributed by atoms with E-state index in [1.54, 1.807) is 6.92 Å². The highest BCUT2D eigenvalue weighted by molar-refractivity contribution is 6.39. The number of rotatable bonds is 6. The first kappa shape index (κ1) is 19.0. The number of amides is 2. The molecule has 1 aromatic carbocycles. The zero-order valence-electron chi connectivity index (χ0n) is 13.5. The molecular weight excluding hydrogens is 306 g/mol. The molecular formula is C16H22F2N2O3. The molecule has 0 heterocycles. The van der Waals surface area contributed by atoms with Crippen molar-refractivity contribution in [3.8, 4) is 0 Å². The van der Waals surface area contributed by atoms with Crippen molar-refractivity contribution < 1.29 is 23.5 Å². The first-order valence-corrected chi connectivity index (χ1v) is 7.37. The van der Waals surface area contributed by atoms with Gasteiger partial charge in [-0.25, -0.2) is 8.78 Å². The van der Waals surface area contributed by atoms with Crippen molar-refractivity contribution in [3.05, 3.63) is 29.8 Å². The summed E-state index contributed by atoms with van der Waals surface area (Å²) < 4.78 is 26.4. The maximum absolute atomic E-state index is 13.4. The molecule has 3 N–H and O–H groups in total. The highest BCUT2D eigenvalue weighted by atomic mass is 19.1. The maximum atomic E-state index is 13.4. The van der Waals surface area contributed by atoms with Crippen LogP contribution in [-0.4, -0.2) is 29.1 Å². The molecule has 0 aliphatic rings. The first-order chi connectivity index (χ1) is 10.6. The van der Waals surface area contributed by atoms with Crippen LogP contribution in [0, 0.1) is 17.6 Å². The molecule has 1 aromatic rings. The Labute approximate surface area is 134 Å². The molecule has 0 aliphatic heterocycles. The number of nitrogens with one attached hydrogen (secondary N) is 2. The highest BCUT2D eigenvalue weighted by Crippen LogP contribution is 2.16. The molecule has 0 aromatic heterocycles. The van der Waals surface area contributed by atoms with Crippen LogP contribution in [0.1, 0.15) is 33.6 Å². The van der Waals surface area contributed by atoms with Crippen molar-refractivity contribution in [1.82, 2.24) is 5.32 Å². The molecule has 1 atom stereocenters. The van der Waals surface area contributed by atoms with Gasteiger partial charge < -0.3 is 15.7 Å². The van der Waals surface area contributed by atoms with Crippen LogP contribution in [0.4, 0.5) is 14.5 Å². The van der Waals surface area contributed by atoms with Crippen LogP contribution in [-0.2, 0) is 9.59 Å². The van der Waals surface area contributed by atoms with Gasteiger partial charge in [-0.1, -0.05) is 13.8 Å². The van der Waals surface area contributed by atoms with Crippen LogP contribution in [0.3, 0.4) is 0 Å². The van der Waals surface area contributed by atoms with E-state index in [4.69, 9.17) is 0 Å².